The van der Waals surface area contributed by atoms with E-state index in [4.69, 9.17) is 0 Å². The molecule has 1 aromatic rings. The Balaban J connectivity index is 0.000000138. The molecule has 2 aliphatic heterocycles. The molecule has 0 saturated heterocycles. The van der Waals surface area contributed by atoms with Gasteiger partial charge in [0.15, 0.2) is 0 Å². The van der Waals surface area contributed by atoms with Crippen LogP contribution in [0.15, 0.2) is 44.2 Å². The summed E-state index contributed by atoms with van der Waals surface area (Å²) in [6.45, 7) is 0. The lowest BCUT2D eigenvalue weighted by Crippen LogP contribution is -2.19. The molecule has 0 atom stereocenters. The van der Waals surface area contributed by atoms with Crippen molar-refractivity contribution < 1.29 is 9.59 Å². The van der Waals surface area contributed by atoms with E-state index in [-0.39, 0.29) is 0 Å². The fraction of sp³-hybridized carbons (Fsp3) is 0. The molecule has 6 heteroatoms. The van der Waals surface area contributed by atoms with Crippen LogP contribution >= 0.6 is 0 Å². The Morgan fingerprint density at radius 1 is 0.750 bits per heavy atom. The van der Waals surface area contributed by atoms with E-state index in [1.165, 1.54) is 12.4 Å². The lowest BCUT2D eigenvalue weighted by atomic mass is 10.3. The van der Waals surface area contributed by atoms with Gasteiger partial charge in [-0.2, -0.15) is 20.0 Å². The number of nitrogens with zero attached hydrogens (tertiary/aromatic N) is 4. The summed E-state index contributed by atoms with van der Waals surface area (Å²) in [7, 11) is 0. The van der Waals surface area contributed by atoms with Gasteiger partial charge in [-0.1, -0.05) is 12.1 Å². The van der Waals surface area contributed by atoms with Gasteiger partial charge in [0.1, 0.15) is 0 Å². The second kappa shape index (κ2) is 4.35. The van der Waals surface area contributed by atoms with E-state index in [1.54, 1.807) is 12.1 Å². The van der Waals surface area contributed by atoms with Crippen LogP contribution in [-0.4, -0.2) is 24.5 Å². The van der Waals surface area contributed by atoms with Crippen LogP contribution in [0.3, 0.4) is 0 Å². The number of amides is 4. The molecule has 2 heterocycles. The van der Waals surface area contributed by atoms with Crippen molar-refractivity contribution in [3.8, 4) is 0 Å². The number of urea groups is 2. The second-order valence-electron chi connectivity index (χ2n) is 2.83. The average molecular weight is 214 g/mol. The van der Waals surface area contributed by atoms with E-state index >= 15 is 0 Å². The van der Waals surface area contributed by atoms with Gasteiger partial charge >= 0.3 is 12.1 Å². The zero-order valence-electron chi connectivity index (χ0n) is 8.07. The van der Waals surface area contributed by atoms with Gasteiger partial charge in [-0.25, -0.2) is 9.59 Å². The number of hydrogen-bond donors (Lipinski definition) is 0. The monoisotopic (exact) mass is 214 g/mol. The number of rotatable bonds is 0. The molecule has 0 aromatic heterocycles. The highest BCUT2D eigenvalue weighted by atomic mass is 16.2. The molecule has 78 valence electrons. The summed E-state index contributed by atoms with van der Waals surface area (Å²) in [5, 5.41) is 1.35. The molecule has 0 spiro atoms. The van der Waals surface area contributed by atoms with Gasteiger partial charge in [0.2, 0.25) is 0 Å². The molecule has 0 radical (unpaired) electrons. The molecule has 0 aliphatic carbocycles. The summed E-state index contributed by atoms with van der Waals surface area (Å²) in [6, 6.07) is 6.39. The zero-order valence-corrected chi connectivity index (χ0v) is 8.07. The van der Waals surface area contributed by atoms with Gasteiger partial charge in [-0.05, 0) is 12.1 Å². The van der Waals surface area contributed by atoms with E-state index < -0.39 is 12.1 Å². The Labute approximate surface area is 89.8 Å². The lowest BCUT2D eigenvalue weighted by Gasteiger charge is -1.75. The smallest absolute Gasteiger partial charge is 0.244 e. The van der Waals surface area contributed by atoms with Gasteiger partial charge in [-0.15, -0.1) is 0 Å². The van der Waals surface area contributed by atoms with Crippen LogP contribution in [-0.2, 0) is 0 Å². The molecule has 0 saturated carbocycles. The molecular formula is C10H6N4O2. The van der Waals surface area contributed by atoms with Gasteiger partial charge in [0.25, 0.3) is 0 Å². The maximum Gasteiger partial charge on any atom is 0.368 e. The predicted octanol–water partition coefficient (Wildman–Crippen LogP) is 0.321. The maximum atomic E-state index is 10.6. The van der Waals surface area contributed by atoms with Crippen molar-refractivity contribution in [2.45, 2.75) is 0 Å². The number of hydrogen-bond acceptors (Lipinski definition) is 2. The molecular weight excluding hydrogens is 208 g/mol. The molecule has 0 N–H and O–H groups in total. The minimum absolute atomic E-state index is 0.402. The van der Waals surface area contributed by atoms with Crippen molar-refractivity contribution in [1.82, 2.24) is 0 Å². The lowest BCUT2D eigenvalue weighted by molar-refractivity contribution is 0.256. The number of benzene rings is 1. The molecule has 0 fully saturated rings. The van der Waals surface area contributed by atoms with Crippen molar-refractivity contribution in [3.63, 3.8) is 0 Å². The van der Waals surface area contributed by atoms with Gasteiger partial charge < -0.3 is 0 Å². The van der Waals surface area contributed by atoms with Crippen molar-refractivity contribution in [2.24, 2.45) is 20.0 Å². The third-order valence-corrected chi connectivity index (χ3v) is 1.75. The first-order valence-corrected chi connectivity index (χ1v) is 4.43. The Kier molecular flexibility index (Phi) is 2.73. The number of aliphatic imine (C=N–C) groups is 2. The van der Waals surface area contributed by atoms with E-state index in [0.29, 0.717) is 10.7 Å². The van der Waals surface area contributed by atoms with Crippen molar-refractivity contribution >= 4 is 24.5 Å². The van der Waals surface area contributed by atoms with Crippen LogP contribution in [0.25, 0.3) is 0 Å². The van der Waals surface area contributed by atoms with Gasteiger partial charge in [-0.3, -0.25) is 0 Å². The number of carbonyl (C=O) groups is 2. The molecule has 0 bridgehead atoms. The normalized spacial score (nSPS) is 15.0. The van der Waals surface area contributed by atoms with Crippen molar-refractivity contribution in [1.29, 1.82) is 0 Å². The van der Waals surface area contributed by atoms with Crippen LogP contribution in [0, 0.1) is 0 Å². The Hall–Kier alpha value is -2.50. The number of fused-ring (bicyclic) bond motifs is 1. The third kappa shape index (κ3) is 2.30. The maximum absolute atomic E-state index is 10.6. The largest absolute Gasteiger partial charge is 0.368 e. The molecule has 4 amide bonds. The standard InChI is InChI=1S/C7H4N2O.C3H2N2O/c10-7-8-5-3-1-2-4-6(5)9-7;6-3-4-1-2-5-3/h1-4H;1-2H. The highest BCUT2D eigenvalue weighted by Gasteiger charge is 2.01. The minimum Gasteiger partial charge on any atom is -0.244 e. The SMILES string of the molecule is O=C1N=CC=N1.O=C1N=c2ccccc2=N1. The van der Waals surface area contributed by atoms with Crippen LogP contribution in [0.5, 0.6) is 0 Å². The molecule has 1 aromatic carbocycles. The fourth-order valence-corrected chi connectivity index (χ4v) is 1.11. The van der Waals surface area contributed by atoms with Crippen LogP contribution in [0.4, 0.5) is 9.59 Å². The molecule has 2 aliphatic rings. The van der Waals surface area contributed by atoms with Crippen molar-refractivity contribution in [2.75, 3.05) is 0 Å². The van der Waals surface area contributed by atoms with Gasteiger partial charge in [0.05, 0.1) is 23.1 Å². The first kappa shape index (κ1) is 10.0. The highest BCUT2D eigenvalue weighted by Crippen LogP contribution is 1.83. The highest BCUT2D eigenvalue weighted by molar-refractivity contribution is 6.25. The summed E-state index contributed by atoms with van der Waals surface area (Å²) in [5.41, 5.74) is 0. The quantitative estimate of drug-likeness (QED) is 0.623. The van der Waals surface area contributed by atoms with Crippen LogP contribution < -0.4 is 10.7 Å². The number of carbonyl (C=O) groups excluding carboxylic acids is 2. The second-order valence-corrected chi connectivity index (χ2v) is 2.83. The fourth-order valence-electron chi connectivity index (χ4n) is 1.11. The first-order chi connectivity index (χ1) is 7.75. The predicted molar refractivity (Wildman–Crippen MR) is 56.5 cm³/mol. The van der Waals surface area contributed by atoms with Crippen LogP contribution in [0.2, 0.25) is 0 Å². The minimum atomic E-state index is -0.407. The number of para-hydroxylation sites is 2. The van der Waals surface area contributed by atoms with E-state index in [9.17, 15) is 9.59 Å². The summed E-state index contributed by atoms with van der Waals surface area (Å²) >= 11 is 0. The van der Waals surface area contributed by atoms with E-state index in [2.05, 4.69) is 20.0 Å². The Morgan fingerprint density at radius 2 is 1.25 bits per heavy atom. The molecule has 16 heavy (non-hydrogen) atoms. The van der Waals surface area contributed by atoms with Gasteiger partial charge in [0, 0.05) is 0 Å². The van der Waals surface area contributed by atoms with Crippen molar-refractivity contribution in [3.05, 3.63) is 35.0 Å². The first-order valence-electron chi connectivity index (χ1n) is 4.43. The summed E-state index contributed by atoms with van der Waals surface area (Å²) in [5.74, 6) is 0. The van der Waals surface area contributed by atoms with E-state index in [0.717, 1.165) is 0 Å². The van der Waals surface area contributed by atoms with E-state index in [1.807, 2.05) is 12.1 Å². The Morgan fingerprint density at radius 3 is 1.62 bits per heavy atom. The molecule has 6 nitrogen and oxygen atoms in total. The zero-order chi connectivity index (χ0) is 11.4. The Bertz CT molecular complexity index is 565. The topological polar surface area (TPSA) is 83.6 Å². The summed E-state index contributed by atoms with van der Waals surface area (Å²) in [6.07, 6.45) is 2.73. The van der Waals surface area contributed by atoms with Crippen LogP contribution in [0.1, 0.15) is 0 Å². The molecule has 0 unspecified atom stereocenters. The summed E-state index contributed by atoms with van der Waals surface area (Å²) in [4.78, 5) is 34.2. The molecule has 3 rings (SSSR count). The summed E-state index contributed by atoms with van der Waals surface area (Å²) < 4.78 is 0. The average Bonchev–Trinajstić information content (AvgIpc) is 2.86. The third-order valence-electron chi connectivity index (χ3n) is 1.75.